The minimum absolute atomic E-state index is 0.161. The van der Waals surface area contributed by atoms with Crippen molar-refractivity contribution in [1.82, 2.24) is 15.5 Å². The van der Waals surface area contributed by atoms with Gasteiger partial charge in [-0.15, -0.1) is 0 Å². The first-order valence-corrected chi connectivity index (χ1v) is 6.82. The Morgan fingerprint density at radius 3 is 2.71 bits per heavy atom. The van der Waals surface area contributed by atoms with Gasteiger partial charge in [0.1, 0.15) is 0 Å². The summed E-state index contributed by atoms with van der Waals surface area (Å²) >= 11 is 0. The number of carbonyl (C=O) groups is 1. The predicted octanol–water partition coefficient (Wildman–Crippen LogP) is 0.583. The van der Waals surface area contributed by atoms with Crippen molar-refractivity contribution in [2.45, 2.75) is 51.2 Å². The SMILES string of the molecule is CC1NCCC1C(=O)NCC(C)N(C)C1CC1. The maximum absolute atomic E-state index is 12.0. The second-order valence-corrected chi connectivity index (χ2v) is 5.63. The van der Waals surface area contributed by atoms with Crippen molar-refractivity contribution in [2.24, 2.45) is 5.92 Å². The first kappa shape index (κ1) is 12.8. The number of amides is 1. The fourth-order valence-corrected chi connectivity index (χ4v) is 2.58. The predicted molar refractivity (Wildman–Crippen MR) is 68.8 cm³/mol. The van der Waals surface area contributed by atoms with Crippen molar-refractivity contribution in [3.05, 3.63) is 0 Å². The lowest BCUT2D eigenvalue weighted by Crippen LogP contribution is -2.44. The lowest BCUT2D eigenvalue weighted by Gasteiger charge is -2.25. The van der Waals surface area contributed by atoms with Crippen molar-refractivity contribution >= 4 is 5.91 Å². The van der Waals surface area contributed by atoms with E-state index in [-0.39, 0.29) is 11.8 Å². The standard InChI is InChI=1S/C13H25N3O/c1-9(16(3)11-4-5-11)8-15-13(17)12-6-7-14-10(12)2/h9-12,14H,4-8H2,1-3H3,(H,15,17). The Morgan fingerprint density at radius 2 is 2.18 bits per heavy atom. The highest BCUT2D eigenvalue weighted by atomic mass is 16.1. The minimum Gasteiger partial charge on any atom is -0.354 e. The Hall–Kier alpha value is -0.610. The molecule has 2 N–H and O–H groups in total. The summed E-state index contributed by atoms with van der Waals surface area (Å²) < 4.78 is 0. The smallest absolute Gasteiger partial charge is 0.224 e. The van der Waals surface area contributed by atoms with Gasteiger partial charge in [0, 0.05) is 24.7 Å². The fraction of sp³-hybridized carbons (Fsp3) is 0.923. The lowest BCUT2D eigenvalue weighted by atomic mass is 10.0. The van der Waals surface area contributed by atoms with Gasteiger partial charge in [0.15, 0.2) is 0 Å². The van der Waals surface area contributed by atoms with Gasteiger partial charge >= 0.3 is 0 Å². The molecule has 3 atom stereocenters. The molecule has 1 saturated heterocycles. The normalized spacial score (nSPS) is 30.6. The molecule has 4 heteroatoms. The highest BCUT2D eigenvalue weighted by Crippen LogP contribution is 2.26. The van der Waals surface area contributed by atoms with Gasteiger partial charge < -0.3 is 10.6 Å². The summed E-state index contributed by atoms with van der Waals surface area (Å²) in [5.41, 5.74) is 0. The van der Waals surface area contributed by atoms with Crippen LogP contribution in [0.15, 0.2) is 0 Å². The van der Waals surface area contributed by atoms with Crippen LogP contribution in [0.25, 0.3) is 0 Å². The van der Waals surface area contributed by atoms with Crippen LogP contribution in [-0.2, 0) is 4.79 Å². The van der Waals surface area contributed by atoms with Crippen molar-refractivity contribution in [3.8, 4) is 0 Å². The Balaban J connectivity index is 1.71. The van der Waals surface area contributed by atoms with Gasteiger partial charge in [-0.05, 0) is 46.7 Å². The van der Waals surface area contributed by atoms with E-state index in [4.69, 9.17) is 0 Å². The van der Waals surface area contributed by atoms with Gasteiger partial charge in [-0.2, -0.15) is 0 Å². The zero-order valence-corrected chi connectivity index (χ0v) is 11.2. The van der Waals surface area contributed by atoms with Crippen LogP contribution in [0.1, 0.15) is 33.1 Å². The number of rotatable bonds is 5. The second kappa shape index (κ2) is 5.36. The Morgan fingerprint density at radius 1 is 1.47 bits per heavy atom. The molecule has 1 amide bonds. The van der Waals surface area contributed by atoms with Crippen LogP contribution in [-0.4, -0.2) is 49.1 Å². The summed E-state index contributed by atoms with van der Waals surface area (Å²) in [4.78, 5) is 14.4. The summed E-state index contributed by atoms with van der Waals surface area (Å²) in [6, 6.07) is 1.52. The molecular weight excluding hydrogens is 214 g/mol. The lowest BCUT2D eigenvalue weighted by molar-refractivity contribution is -0.125. The van der Waals surface area contributed by atoms with Crippen molar-refractivity contribution in [3.63, 3.8) is 0 Å². The topological polar surface area (TPSA) is 44.4 Å². The summed E-state index contributed by atoms with van der Waals surface area (Å²) in [6.07, 6.45) is 3.61. The van der Waals surface area contributed by atoms with E-state index in [0.29, 0.717) is 12.1 Å². The molecule has 1 aliphatic carbocycles. The molecule has 1 aliphatic heterocycles. The van der Waals surface area contributed by atoms with Crippen molar-refractivity contribution in [2.75, 3.05) is 20.1 Å². The maximum Gasteiger partial charge on any atom is 0.224 e. The van der Waals surface area contributed by atoms with Gasteiger partial charge in [-0.25, -0.2) is 0 Å². The molecule has 0 aromatic heterocycles. The highest BCUT2D eigenvalue weighted by Gasteiger charge is 2.31. The molecule has 0 bridgehead atoms. The quantitative estimate of drug-likeness (QED) is 0.738. The first-order valence-electron chi connectivity index (χ1n) is 6.82. The van der Waals surface area contributed by atoms with Crippen molar-refractivity contribution < 1.29 is 4.79 Å². The third-order valence-electron chi connectivity index (χ3n) is 4.25. The number of nitrogens with zero attached hydrogens (tertiary/aromatic N) is 1. The van der Waals surface area contributed by atoms with Gasteiger partial charge in [-0.3, -0.25) is 9.69 Å². The monoisotopic (exact) mass is 239 g/mol. The van der Waals surface area contributed by atoms with E-state index in [1.54, 1.807) is 0 Å². The van der Waals surface area contributed by atoms with E-state index in [2.05, 4.69) is 36.4 Å². The Labute approximate surface area is 104 Å². The molecule has 0 aromatic rings. The molecular formula is C13H25N3O. The number of hydrogen-bond donors (Lipinski definition) is 2. The molecule has 17 heavy (non-hydrogen) atoms. The Kier molecular flexibility index (Phi) is 4.05. The zero-order chi connectivity index (χ0) is 12.4. The fourth-order valence-electron chi connectivity index (χ4n) is 2.58. The summed E-state index contributed by atoms with van der Waals surface area (Å²) in [5.74, 6) is 0.381. The average molecular weight is 239 g/mol. The van der Waals surface area contributed by atoms with E-state index >= 15 is 0 Å². The van der Waals surface area contributed by atoms with Gasteiger partial charge in [0.2, 0.25) is 5.91 Å². The summed E-state index contributed by atoms with van der Waals surface area (Å²) in [5, 5.41) is 6.42. The van der Waals surface area contributed by atoms with Crippen LogP contribution in [0.4, 0.5) is 0 Å². The number of carbonyl (C=O) groups excluding carboxylic acids is 1. The van der Waals surface area contributed by atoms with Crippen LogP contribution < -0.4 is 10.6 Å². The Bertz CT molecular complexity index is 278. The largest absolute Gasteiger partial charge is 0.354 e. The number of nitrogens with one attached hydrogen (secondary N) is 2. The molecule has 3 unspecified atom stereocenters. The summed E-state index contributed by atoms with van der Waals surface area (Å²) in [6.45, 7) is 6.03. The zero-order valence-electron chi connectivity index (χ0n) is 11.2. The van der Waals surface area contributed by atoms with E-state index in [9.17, 15) is 4.79 Å². The molecule has 1 heterocycles. The molecule has 2 aliphatic rings. The molecule has 0 spiro atoms. The van der Waals surface area contributed by atoms with E-state index in [0.717, 1.165) is 25.6 Å². The molecule has 98 valence electrons. The summed E-state index contributed by atoms with van der Waals surface area (Å²) in [7, 11) is 2.16. The maximum atomic E-state index is 12.0. The number of hydrogen-bond acceptors (Lipinski definition) is 3. The van der Waals surface area contributed by atoms with Gasteiger partial charge in [0.25, 0.3) is 0 Å². The molecule has 0 aromatic carbocycles. The van der Waals surface area contributed by atoms with Crippen molar-refractivity contribution in [1.29, 1.82) is 0 Å². The van der Waals surface area contributed by atoms with Crippen LogP contribution in [0.2, 0.25) is 0 Å². The van der Waals surface area contributed by atoms with Gasteiger partial charge in [0.05, 0.1) is 5.92 Å². The van der Waals surface area contributed by atoms with E-state index in [1.165, 1.54) is 12.8 Å². The first-order chi connectivity index (χ1) is 8.09. The third kappa shape index (κ3) is 3.19. The molecule has 0 radical (unpaired) electrons. The van der Waals surface area contributed by atoms with Crippen LogP contribution >= 0.6 is 0 Å². The minimum atomic E-state index is 0.161. The van der Waals surface area contributed by atoms with Gasteiger partial charge in [-0.1, -0.05) is 0 Å². The highest BCUT2D eigenvalue weighted by molar-refractivity contribution is 5.79. The molecule has 4 nitrogen and oxygen atoms in total. The van der Waals surface area contributed by atoms with Crippen LogP contribution in [0, 0.1) is 5.92 Å². The molecule has 1 saturated carbocycles. The van der Waals surface area contributed by atoms with E-state index in [1.807, 2.05) is 0 Å². The second-order valence-electron chi connectivity index (χ2n) is 5.63. The molecule has 2 fully saturated rings. The van der Waals surface area contributed by atoms with Crippen LogP contribution in [0.5, 0.6) is 0 Å². The number of likely N-dealkylation sites (N-methyl/N-ethyl adjacent to an activating group) is 1. The van der Waals surface area contributed by atoms with E-state index < -0.39 is 0 Å². The molecule has 2 rings (SSSR count). The van der Waals surface area contributed by atoms with Crippen LogP contribution in [0.3, 0.4) is 0 Å². The average Bonchev–Trinajstić information content (AvgIpc) is 3.07. The third-order valence-corrected chi connectivity index (χ3v) is 4.25.